The second kappa shape index (κ2) is 8.47. The number of hydrogen-bond acceptors (Lipinski definition) is 4. The number of carboxylic acids is 1. The maximum absolute atomic E-state index is 12.4. The Morgan fingerprint density at radius 1 is 1.10 bits per heavy atom. The van der Waals surface area contributed by atoms with E-state index in [-0.39, 0.29) is 24.2 Å². The van der Waals surface area contributed by atoms with Crippen LogP contribution in [0.3, 0.4) is 0 Å². The van der Waals surface area contributed by atoms with E-state index in [9.17, 15) is 14.7 Å². The summed E-state index contributed by atoms with van der Waals surface area (Å²) in [4.78, 5) is 28.1. The summed E-state index contributed by atoms with van der Waals surface area (Å²) in [6.45, 7) is 6.35. The van der Waals surface area contributed by atoms with Gasteiger partial charge in [0.25, 0.3) is 0 Å². The highest BCUT2D eigenvalue weighted by atomic mass is 16.4. The van der Waals surface area contributed by atoms with E-state index in [0.29, 0.717) is 17.9 Å². The Bertz CT molecular complexity index is 967. The van der Waals surface area contributed by atoms with Crippen LogP contribution in [0.2, 0.25) is 0 Å². The van der Waals surface area contributed by atoms with Gasteiger partial charge in [-0.2, -0.15) is 0 Å². The SMILES string of the molecule is CC(C)(C)c1ccc(C(CC(=O)O)NC(=O)CCc2nc3ccccc3o2)cc1. The highest BCUT2D eigenvalue weighted by Crippen LogP contribution is 2.25. The zero-order valence-electron chi connectivity index (χ0n) is 16.9. The molecular weight excluding hydrogens is 368 g/mol. The van der Waals surface area contributed by atoms with E-state index >= 15 is 0 Å². The molecule has 0 fully saturated rings. The zero-order valence-corrected chi connectivity index (χ0v) is 16.9. The largest absolute Gasteiger partial charge is 0.481 e. The van der Waals surface area contributed by atoms with Crippen molar-refractivity contribution in [2.24, 2.45) is 0 Å². The normalized spacial score (nSPS) is 12.7. The first kappa shape index (κ1) is 20.6. The van der Waals surface area contributed by atoms with Gasteiger partial charge >= 0.3 is 5.97 Å². The first-order chi connectivity index (χ1) is 13.7. The second-order valence-electron chi connectivity index (χ2n) is 8.17. The van der Waals surface area contributed by atoms with Crippen molar-refractivity contribution in [3.05, 3.63) is 65.5 Å². The minimum absolute atomic E-state index is 0.00363. The number of nitrogens with one attached hydrogen (secondary N) is 1. The smallest absolute Gasteiger partial charge is 0.305 e. The van der Waals surface area contributed by atoms with Crippen LogP contribution < -0.4 is 5.32 Å². The molecule has 3 rings (SSSR count). The number of nitrogens with zero attached hydrogens (tertiary/aromatic N) is 1. The number of carbonyl (C=O) groups is 2. The number of aliphatic carboxylic acids is 1. The molecule has 0 radical (unpaired) electrons. The molecule has 0 aliphatic rings. The molecule has 0 aliphatic carbocycles. The summed E-state index contributed by atoms with van der Waals surface area (Å²) < 4.78 is 5.63. The summed E-state index contributed by atoms with van der Waals surface area (Å²) in [5, 5.41) is 12.1. The lowest BCUT2D eigenvalue weighted by atomic mass is 9.86. The molecule has 3 aromatic rings. The molecule has 0 aliphatic heterocycles. The van der Waals surface area contributed by atoms with E-state index in [2.05, 4.69) is 31.1 Å². The summed E-state index contributed by atoms with van der Waals surface area (Å²) in [6, 6.07) is 14.6. The van der Waals surface area contributed by atoms with E-state index in [1.807, 2.05) is 48.5 Å². The fraction of sp³-hybridized carbons (Fsp3) is 0.348. The zero-order chi connectivity index (χ0) is 21.0. The third kappa shape index (κ3) is 5.44. The van der Waals surface area contributed by atoms with Crippen molar-refractivity contribution < 1.29 is 19.1 Å². The van der Waals surface area contributed by atoms with Crippen LogP contribution in [0.15, 0.2) is 52.9 Å². The molecular formula is C23H26N2O4. The molecule has 1 unspecified atom stereocenters. The monoisotopic (exact) mass is 394 g/mol. The van der Waals surface area contributed by atoms with E-state index in [1.54, 1.807) is 0 Å². The number of rotatable bonds is 7. The van der Waals surface area contributed by atoms with E-state index in [1.165, 1.54) is 0 Å². The average molecular weight is 394 g/mol. The molecule has 6 nitrogen and oxygen atoms in total. The Hall–Kier alpha value is -3.15. The van der Waals surface area contributed by atoms with Crippen LogP contribution in [0, 0.1) is 0 Å². The standard InChI is InChI=1S/C23H26N2O4/c1-23(2,3)16-10-8-15(9-11-16)18(14-22(27)28)24-20(26)12-13-21-25-17-6-4-5-7-19(17)29-21/h4-11,18H,12-14H2,1-3H3,(H,24,26)(H,27,28). The molecule has 1 amide bonds. The number of aromatic nitrogens is 1. The van der Waals surface area contributed by atoms with E-state index in [0.717, 1.165) is 16.6 Å². The van der Waals surface area contributed by atoms with Crippen molar-refractivity contribution in [1.29, 1.82) is 0 Å². The Balaban J connectivity index is 1.65. The van der Waals surface area contributed by atoms with Gasteiger partial charge in [0.05, 0.1) is 12.5 Å². The quantitative estimate of drug-likeness (QED) is 0.620. The first-order valence-corrected chi connectivity index (χ1v) is 9.68. The predicted octanol–water partition coefficient (Wildman–Crippen LogP) is 4.39. The molecule has 1 atom stereocenters. The Morgan fingerprint density at radius 2 is 1.79 bits per heavy atom. The fourth-order valence-electron chi connectivity index (χ4n) is 3.16. The molecule has 0 saturated heterocycles. The van der Waals surface area contributed by atoms with E-state index < -0.39 is 12.0 Å². The number of oxazole rings is 1. The number of amides is 1. The van der Waals surface area contributed by atoms with Gasteiger partial charge in [-0.15, -0.1) is 0 Å². The molecule has 1 aromatic heterocycles. The summed E-state index contributed by atoms with van der Waals surface area (Å²) in [5.74, 6) is -0.710. The van der Waals surface area contributed by atoms with Crippen LogP contribution in [0.1, 0.15) is 56.7 Å². The molecule has 2 aromatic carbocycles. The number of hydrogen-bond donors (Lipinski definition) is 2. The summed E-state index contributed by atoms with van der Waals surface area (Å²) in [5.41, 5.74) is 3.37. The maximum atomic E-state index is 12.4. The van der Waals surface area contributed by atoms with Crippen molar-refractivity contribution in [2.45, 2.75) is 51.5 Å². The van der Waals surface area contributed by atoms with Crippen molar-refractivity contribution in [3.8, 4) is 0 Å². The maximum Gasteiger partial charge on any atom is 0.305 e. The Labute approximate surface area is 170 Å². The van der Waals surface area contributed by atoms with Gasteiger partial charge in [-0.1, -0.05) is 57.2 Å². The van der Waals surface area contributed by atoms with E-state index in [4.69, 9.17) is 4.42 Å². The summed E-state index contributed by atoms with van der Waals surface area (Å²) >= 11 is 0. The third-order valence-corrected chi connectivity index (χ3v) is 4.80. The molecule has 1 heterocycles. The van der Waals surface area contributed by atoms with Gasteiger partial charge < -0.3 is 14.8 Å². The minimum Gasteiger partial charge on any atom is -0.481 e. The van der Waals surface area contributed by atoms with Crippen LogP contribution in [0.5, 0.6) is 0 Å². The topological polar surface area (TPSA) is 92.4 Å². The highest BCUT2D eigenvalue weighted by molar-refractivity contribution is 5.78. The van der Waals surface area contributed by atoms with Gasteiger partial charge in [0.2, 0.25) is 5.91 Å². The fourth-order valence-corrected chi connectivity index (χ4v) is 3.16. The van der Waals surface area contributed by atoms with Gasteiger partial charge in [-0.3, -0.25) is 9.59 Å². The number of fused-ring (bicyclic) bond motifs is 1. The van der Waals surface area contributed by atoms with Crippen molar-refractivity contribution >= 4 is 23.0 Å². The van der Waals surface area contributed by atoms with Gasteiger partial charge in [-0.25, -0.2) is 4.98 Å². The first-order valence-electron chi connectivity index (χ1n) is 9.68. The molecule has 0 bridgehead atoms. The van der Waals surface area contributed by atoms with Gasteiger partial charge in [0.1, 0.15) is 5.52 Å². The van der Waals surface area contributed by atoms with Gasteiger partial charge in [0, 0.05) is 12.8 Å². The van der Waals surface area contributed by atoms with Crippen molar-refractivity contribution in [1.82, 2.24) is 10.3 Å². The van der Waals surface area contributed by atoms with Crippen molar-refractivity contribution in [2.75, 3.05) is 0 Å². The Morgan fingerprint density at radius 3 is 2.41 bits per heavy atom. The number of benzene rings is 2. The molecule has 0 saturated carbocycles. The minimum atomic E-state index is -0.964. The van der Waals surface area contributed by atoms with Crippen LogP contribution in [0.25, 0.3) is 11.1 Å². The highest BCUT2D eigenvalue weighted by Gasteiger charge is 2.20. The van der Waals surface area contributed by atoms with Crippen LogP contribution >= 0.6 is 0 Å². The predicted molar refractivity (Wildman–Crippen MR) is 111 cm³/mol. The van der Waals surface area contributed by atoms with Crippen LogP contribution in [0.4, 0.5) is 0 Å². The molecule has 152 valence electrons. The van der Waals surface area contributed by atoms with Crippen LogP contribution in [-0.4, -0.2) is 22.0 Å². The molecule has 2 N–H and O–H groups in total. The third-order valence-electron chi connectivity index (χ3n) is 4.80. The summed E-state index contributed by atoms with van der Waals surface area (Å²) in [7, 11) is 0. The van der Waals surface area contributed by atoms with Crippen molar-refractivity contribution in [3.63, 3.8) is 0 Å². The number of para-hydroxylation sites is 2. The average Bonchev–Trinajstić information content (AvgIpc) is 3.08. The lowest BCUT2D eigenvalue weighted by molar-refractivity contribution is -0.137. The number of aryl methyl sites for hydroxylation is 1. The molecule has 29 heavy (non-hydrogen) atoms. The lowest BCUT2D eigenvalue weighted by Crippen LogP contribution is -2.30. The number of carboxylic acid groups (broad SMARTS) is 1. The van der Waals surface area contributed by atoms with Gasteiger partial charge in [0.15, 0.2) is 11.5 Å². The second-order valence-corrected chi connectivity index (χ2v) is 8.17. The lowest BCUT2D eigenvalue weighted by Gasteiger charge is -2.21. The summed E-state index contributed by atoms with van der Waals surface area (Å²) in [6.07, 6.45) is 0.343. The van der Waals surface area contributed by atoms with Crippen LogP contribution in [-0.2, 0) is 21.4 Å². The Kier molecular flexibility index (Phi) is 6.01. The number of carbonyl (C=O) groups excluding carboxylic acids is 1. The van der Waals surface area contributed by atoms with Gasteiger partial charge in [-0.05, 0) is 28.7 Å². The molecule has 6 heteroatoms. The molecule has 0 spiro atoms.